The molecule has 3 rings (SSSR count). The lowest BCUT2D eigenvalue weighted by Crippen LogP contribution is -2.28. The zero-order valence-corrected chi connectivity index (χ0v) is 20.3. The summed E-state index contributed by atoms with van der Waals surface area (Å²) in [7, 11) is -0.330. The molecule has 1 saturated carbocycles. The molecule has 2 aliphatic rings. The second kappa shape index (κ2) is 11.6. The highest BCUT2D eigenvalue weighted by atomic mass is 28.3. The lowest BCUT2D eigenvalue weighted by molar-refractivity contribution is 0.216. The molecule has 1 heteroatoms. The molecule has 1 aliphatic carbocycles. The lowest BCUT2D eigenvalue weighted by Gasteiger charge is -2.37. The molecule has 1 atom stereocenters. The Balaban J connectivity index is 1.40. The van der Waals surface area contributed by atoms with Crippen LogP contribution in [0.25, 0.3) is 0 Å². The van der Waals surface area contributed by atoms with Crippen LogP contribution in [0.5, 0.6) is 0 Å². The topological polar surface area (TPSA) is 0 Å². The van der Waals surface area contributed by atoms with Crippen LogP contribution in [0.4, 0.5) is 0 Å². The lowest BCUT2D eigenvalue weighted by atomic mass is 9.72. The Morgan fingerprint density at radius 3 is 2.11 bits per heavy atom. The second-order valence-electron chi connectivity index (χ2n) is 10.3. The summed E-state index contributed by atoms with van der Waals surface area (Å²) in [6.45, 7) is 7.02. The molecule has 0 N–H and O–H groups in total. The monoisotopic (exact) mass is 398 g/mol. The molecule has 0 bridgehead atoms. The third kappa shape index (κ3) is 6.47. The minimum atomic E-state index is -0.330. The van der Waals surface area contributed by atoms with E-state index in [-0.39, 0.29) is 8.80 Å². The summed E-state index contributed by atoms with van der Waals surface area (Å²) in [5.41, 5.74) is 3.16. The van der Waals surface area contributed by atoms with Crippen molar-refractivity contribution in [3.8, 4) is 0 Å². The van der Waals surface area contributed by atoms with Gasteiger partial charge < -0.3 is 0 Å². The van der Waals surface area contributed by atoms with Gasteiger partial charge >= 0.3 is 0 Å². The summed E-state index contributed by atoms with van der Waals surface area (Å²) in [4.78, 5) is 0. The highest BCUT2D eigenvalue weighted by Crippen LogP contribution is 2.43. The standard InChI is InChI=1S/C27H46Si/c1-4-6-7-18-28-19-16-27(17-20-28)26-14-12-25(13-15-26)24-10-8-23(9-11-24)21-22(3)5-2/h8-11,22,25-28H,4-7,12-21H2,1-3H3/t22-,25?,26?,27?,28?/m0/s1. The van der Waals surface area contributed by atoms with Crippen LogP contribution < -0.4 is 0 Å². The van der Waals surface area contributed by atoms with E-state index in [1.165, 1.54) is 56.9 Å². The van der Waals surface area contributed by atoms with E-state index in [1.807, 2.05) is 0 Å². The van der Waals surface area contributed by atoms with E-state index in [1.54, 1.807) is 43.0 Å². The molecule has 0 nitrogen and oxygen atoms in total. The first kappa shape index (κ1) is 22.1. The van der Waals surface area contributed by atoms with E-state index in [9.17, 15) is 0 Å². The van der Waals surface area contributed by atoms with E-state index in [0.29, 0.717) is 0 Å². The van der Waals surface area contributed by atoms with Gasteiger partial charge in [0.2, 0.25) is 0 Å². The predicted octanol–water partition coefficient (Wildman–Crippen LogP) is 8.38. The van der Waals surface area contributed by atoms with Gasteiger partial charge in [-0.2, -0.15) is 0 Å². The maximum absolute atomic E-state index is 2.45. The van der Waals surface area contributed by atoms with Crippen molar-refractivity contribution in [1.82, 2.24) is 0 Å². The Hall–Kier alpha value is -0.563. The van der Waals surface area contributed by atoms with Gasteiger partial charge in [0.15, 0.2) is 0 Å². The summed E-state index contributed by atoms with van der Waals surface area (Å²) in [6.07, 6.45) is 16.1. The van der Waals surface area contributed by atoms with Crippen molar-refractivity contribution < 1.29 is 0 Å². The average Bonchev–Trinajstić information content (AvgIpc) is 2.75. The molecule has 1 aromatic carbocycles. The smallest absolute Gasteiger partial charge is 0.0368 e. The Kier molecular flexibility index (Phi) is 9.15. The zero-order valence-electron chi connectivity index (χ0n) is 19.1. The highest BCUT2D eigenvalue weighted by molar-refractivity contribution is 6.58. The van der Waals surface area contributed by atoms with Crippen LogP contribution in [0, 0.1) is 17.8 Å². The molecule has 1 heterocycles. The zero-order chi connectivity index (χ0) is 19.8. The summed E-state index contributed by atoms with van der Waals surface area (Å²) in [5.74, 6) is 3.81. The van der Waals surface area contributed by atoms with Gasteiger partial charge in [0.1, 0.15) is 0 Å². The Morgan fingerprint density at radius 2 is 1.50 bits per heavy atom. The van der Waals surface area contributed by atoms with Crippen molar-refractivity contribution in [2.75, 3.05) is 0 Å². The van der Waals surface area contributed by atoms with Crippen molar-refractivity contribution in [2.45, 2.75) is 115 Å². The summed E-state index contributed by atoms with van der Waals surface area (Å²) < 4.78 is 0. The largest absolute Gasteiger partial charge is 0.0654 e. The molecule has 1 aromatic rings. The summed E-state index contributed by atoms with van der Waals surface area (Å²) >= 11 is 0. The van der Waals surface area contributed by atoms with E-state index in [2.05, 4.69) is 45.0 Å². The maximum atomic E-state index is 2.45. The molecule has 1 aliphatic heterocycles. The van der Waals surface area contributed by atoms with Crippen LogP contribution in [0.2, 0.25) is 18.1 Å². The molecule has 0 aromatic heterocycles. The molecule has 158 valence electrons. The van der Waals surface area contributed by atoms with Gasteiger partial charge in [0, 0.05) is 8.80 Å². The van der Waals surface area contributed by atoms with E-state index in [4.69, 9.17) is 0 Å². The van der Waals surface area contributed by atoms with Crippen molar-refractivity contribution >= 4 is 8.80 Å². The first-order valence-electron chi connectivity index (χ1n) is 12.8. The van der Waals surface area contributed by atoms with Gasteiger partial charge in [-0.15, -0.1) is 0 Å². The first-order chi connectivity index (χ1) is 13.7. The molecule has 1 saturated heterocycles. The van der Waals surface area contributed by atoms with Gasteiger partial charge in [-0.3, -0.25) is 0 Å². The average molecular weight is 399 g/mol. The number of hydrogen-bond acceptors (Lipinski definition) is 0. The molecule has 0 amide bonds. The third-order valence-electron chi connectivity index (χ3n) is 8.28. The third-order valence-corrected chi connectivity index (χ3v) is 11.8. The van der Waals surface area contributed by atoms with Crippen molar-refractivity contribution in [3.63, 3.8) is 0 Å². The first-order valence-corrected chi connectivity index (χ1v) is 15.2. The van der Waals surface area contributed by atoms with Crippen LogP contribution >= 0.6 is 0 Å². The maximum Gasteiger partial charge on any atom is 0.0368 e. The predicted molar refractivity (Wildman–Crippen MR) is 128 cm³/mol. The van der Waals surface area contributed by atoms with Gasteiger partial charge in [-0.25, -0.2) is 0 Å². The van der Waals surface area contributed by atoms with Gasteiger partial charge in [-0.05, 0) is 66.9 Å². The fourth-order valence-corrected chi connectivity index (χ4v) is 9.56. The fourth-order valence-electron chi connectivity index (χ4n) is 6.03. The molecule has 0 spiro atoms. The quantitative estimate of drug-likeness (QED) is 0.289. The molecule has 28 heavy (non-hydrogen) atoms. The van der Waals surface area contributed by atoms with Crippen LogP contribution in [0.1, 0.15) is 102 Å². The van der Waals surface area contributed by atoms with E-state index in [0.717, 1.165) is 23.7 Å². The SMILES string of the molecule is CCCCC[SiH]1CCC(C2CCC(c3ccc(C[C@@H](C)CC)cc3)CC2)CC1. The number of hydrogen-bond donors (Lipinski definition) is 0. The van der Waals surface area contributed by atoms with E-state index < -0.39 is 0 Å². The number of unbranched alkanes of at least 4 members (excludes halogenated alkanes) is 2. The summed E-state index contributed by atoms with van der Waals surface area (Å²) in [5, 5.41) is 0. The second-order valence-corrected chi connectivity index (χ2v) is 13.8. The number of benzene rings is 1. The Labute approximate surface area is 177 Å². The normalized spacial score (nSPS) is 29.5. The van der Waals surface area contributed by atoms with Crippen molar-refractivity contribution in [3.05, 3.63) is 35.4 Å². The highest BCUT2D eigenvalue weighted by Gasteiger charge is 2.31. The fraction of sp³-hybridized carbons (Fsp3) is 0.778. The van der Waals surface area contributed by atoms with Crippen LogP contribution in [-0.4, -0.2) is 8.80 Å². The minimum absolute atomic E-state index is 0.330. The molecule has 0 radical (unpaired) electrons. The summed E-state index contributed by atoms with van der Waals surface area (Å²) in [6, 6.07) is 14.7. The van der Waals surface area contributed by atoms with Crippen LogP contribution in [0.3, 0.4) is 0 Å². The van der Waals surface area contributed by atoms with Gasteiger partial charge in [0.05, 0.1) is 0 Å². The van der Waals surface area contributed by atoms with Crippen molar-refractivity contribution in [1.29, 1.82) is 0 Å². The molecular formula is C27H46Si. The number of rotatable bonds is 9. The van der Waals surface area contributed by atoms with Gasteiger partial charge in [-0.1, -0.05) is 102 Å². The van der Waals surface area contributed by atoms with Crippen molar-refractivity contribution in [2.24, 2.45) is 17.8 Å². The Bertz CT molecular complexity index is 532. The molecule has 0 unspecified atom stereocenters. The molecular weight excluding hydrogens is 352 g/mol. The minimum Gasteiger partial charge on any atom is -0.0654 e. The van der Waals surface area contributed by atoms with E-state index >= 15 is 0 Å². The molecule has 2 fully saturated rings. The Morgan fingerprint density at radius 1 is 0.857 bits per heavy atom. The van der Waals surface area contributed by atoms with Gasteiger partial charge in [0.25, 0.3) is 0 Å². The van der Waals surface area contributed by atoms with Crippen LogP contribution in [0.15, 0.2) is 24.3 Å². The van der Waals surface area contributed by atoms with Crippen LogP contribution in [-0.2, 0) is 6.42 Å².